The molecule has 0 aliphatic carbocycles. The number of carboxylic acid groups (broad SMARTS) is 1. The molecule has 23 heavy (non-hydrogen) atoms. The lowest BCUT2D eigenvalue weighted by Crippen LogP contribution is -2.39. The van der Waals surface area contributed by atoms with Gasteiger partial charge in [-0.1, -0.05) is 6.07 Å². The number of nitrogens with zero attached hydrogens (tertiary/aromatic N) is 1. The maximum atomic E-state index is 11.1. The van der Waals surface area contributed by atoms with Crippen LogP contribution in [0.1, 0.15) is 32.3 Å². The third-order valence-corrected chi connectivity index (χ3v) is 4.18. The molecule has 0 amide bonds. The van der Waals surface area contributed by atoms with E-state index in [1.807, 2.05) is 26.0 Å². The Labute approximate surface area is 138 Å². The standard InChI is InChI=1S/C18H27NO4/c1-3-22-16-8-7-14(12-17(16)23-4-2)9-11-19-10-5-6-15(13-19)18(20)21/h7-8,12,15H,3-6,9-11,13H2,1-2H3,(H,20,21). The molecule has 5 nitrogen and oxygen atoms in total. The molecular formula is C18H27NO4. The fraction of sp³-hybridized carbons (Fsp3) is 0.611. The largest absolute Gasteiger partial charge is 0.490 e. The van der Waals surface area contributed by atoms with Crippen LogP contribution in [0, 0.1) is 5.92 Å². The minimum absolute atomic E-state index is 0.219. The monoisotopic (exact) mass is 321 g/mol. The zero-order chi connectivity index (χ0) is 16.7. The van der Waals surface area contributed by atoms with Gasteiger partial charge in [-0.15, -0.1) is 0 Å². The molecule has 1 aliphatic heterocycles. The Bertz CT molecular complexity index is 518. The van der Waals surface area contributed by atoms with Crippen LogP contribution in [-0.4, -0.2) is 48.8 Å². The van der Waals surface area contributed by atoms with Gasteiger partial charge >= 0.3 is 5.97 Å². The van der Waals surface area contributed by atoms with Gasteiger partial charge in [0.15, 0.2) is 11.5 Å². The van der Waals surface area contributed by atoms with Gasteiger partial charge < -0.3 is 19.5 Å². The van der Waals surface area contributed by atoms with E-state index in [-0.39, 0.29) is 5.92 Å². The average molecular weight is 321 g/mol. The van der Waals surface area contributed by atoms with Crippen LogP contribution >= 0.6 is 0 Å². The van der Waals surface area contributed by atoms with Crippen molar-refractivity contribution in [3.05, 3.63) is 23.8 Å². The summed E-state index contributed by atoms with van der Waals surface area (Å²) in [5, 5.41) is 9.16. The highest BCUT2D eigenvalue weighted by Gasteiger charge is 2.24. The molecule has 0 saturated carbocycles. The van der Waals surface area contributed by atoms with Crippen LogP contribution in [0.2, 0.25) is 0 Å². The average Bonchev–Trinajstić information content (AvgIpc) is 2.55. The van der Waals surface area contributed by atoms with Gasteiger partial charge in [0, 0.05) is 13.1 Å². The number of benzene rings is 1. The second-order valence-electron chi connectivity index (χ2n) is 5.88. The van der Waals surface area contributed by atoms with Gasteiger partial charge in [-0.25, -0.2) is 0 Å². The predicted octanol–water partition coefficient (Wildman–Crippen LogP) is 2.82. The van der Waals surface area contributed by atoms with Gasteiger partial charge in [0.1, 0.15) is 0 Å². The molecule has 1 unspecified atom stereocenters. The van der Waals surface area contributed by atoms with Crippen molar-refractivity contribution in [2.24, 2.45) is 5.92 Å². The van der Waals surface area contributed by atoms with Crippen molar-refractivity contribution in [3.8, 4) is 11.5 Å². The van der Waals surface area contributed by atoms with E-state index in [1.54, 1.807) is 0 Å². The van der Waals surface area contributed by atoms with Crippen LogP contribution in [0.25, 0.3) is 0 Å². The molecular weight excluding hydrogens is 294 g/mol. The van der Waals surface area contributed by atoms with Gasteiger partial charge in [-0.3, -0.25) is 4.79 Å². The highest BCUT2D eigenvalue weighted by molar-refractivity contribution is 5.70. The number of piperidine rings is 1. The summed E-state index contributed by atoms with van der Waals surface area (Å²) < 4.78 is 11.2. The van der Waals surface area contributed by atoms with Gasteiger partial charge in [0.25, 0.3) is 0 Å². The first-order chi connectivity index (χ1) is 11.1. The molecule has 128 valence electrons. The van der Waals surface area contributed by atoms with Crippen LogP contribution in [0.5, 0.6) is 11.5 Å². The summed E-state index contributed by atoms with van der Waals surface area (Å²) in [5.74, 6) is 0.674. The molecule has 1 aromatic rings. The summed E-state index contributed by atoms with van der Waals surface area (Å²) in [5.41, 5.74) is 1.19. The molecule has 0 aromatic heterocycles. The first-order valence-electron chi connectivity index (χ1n) is 8.47. The summed E-state index contributed by atoms with van der Waals surface area (Å²) in [6, 6.07) is 6.05. The zero-order valence-electron chi connectivity index (χ0n) is 14.1. The molecule has 1 aromatic carbocycles. The van der Waals surface area contributed by atoms with E-state index < -0.39 is 5.97 Å². The van der Waals surface area contributed by atoms with Crippen molar-refractivity contribution in [1.29, 1.82) is 0 Å². The fourth-order valence-corrected chi connectivity index (χ4v) is 3.00. The van der Waals surface area contributed by atoms with Crippen molar-refractivity contribution >= 4 is 5.97 Å². The maximum absolute atomic E-state index is 11.1. The number of hydrogen-bond donors (Lipinski definition) is 1. The molecule has 1 saturated heterocycles. The number of likely N-dealkylation sites (tertiary alicyclic amines) is 1. The molecule has 1 atom stereocenters. The summed E-state index contributed by atoms with van der Waals surface area (Å²) >= 11 is 0. The second-order valence-corrected chi connectivity index (χ2v) is 5.88. The molecule has 1 fully saturated rings. The van der Waals surface area contributed by atoms with Crippen LogP contribution in [0.4, 0.5) is 0 Å². The smallest absolute Gasteiger partial charge is 0.307 e. The highest BCUT2D eigenvalue weighted by atomic mass is 16.5. The van der Waals surface area contributed by atoms with Crippen LogP contribution < -0.4 is 9.47 Å². The van der Waals surface area contributed by atoms with Crippen molar-refractivity contribution < 1.29 is 19.4 Å². The molecule has 1 N–H and O–H groups in total. The Morgan fingerprint density at radius 3 is 2.70 bits per heavy atom. The lowest BCUT2D eigenvalue weighted by atomic mass is 9.98. The molecule has 0 radical (unpaired) electrons. The van der Waals surface area contributed by atoms with Crippen LogP contribution in [-0.2, 0) is 11.2 Å². The van der Waals surface area contributed by atoms with Gasteiger partial charge in [0.05, 0.1) is 19.1 Å². The minimum atomic E-state index is -0.672. The van der Waals surface area contributed by atoms with Crippen molar-refractivity contribution in [3.63, 3.8) is 0 Å². The number of carboxylic acids is 1. The van der Waals surface area contributed by atoms with Gasteiger partial charge in [-0.2, -0.15) is 0 Å². The number of rotatable bonds is 8. The molecule has 0 bridgehead atoms. The topological polar surface area (TPSA) is 59.0 Å². The Balaban J connectivity index is 1.94. The predicted molar refractivity (Wildman–Crippen MR) is 89.3 cm³/mol. The molecule has 5 heteroatoms. The Hall–Kier alpha value is -1.75. The van der Waals surface area contributed by atoms with Crippen molar-refractivity contribution in [1.82, 2.24) is 4.90 Å². The van der Waals surface area contributed by atoms with Crippen molar-refractivity contribution in [2.75, 3.05) is 32.8 Å². The molecule has 1 heterocycles. The van der Waals surface area contributed by atoms with Gasteiger partial charge in [0.2, 0.25) is 0 Å². The number of ether oxygens (including phenoxy) is 2. The first-order valence-corrected chi connectivity index (χ1v) is 8.47. The lowest BCUT2D eigenvalue weighted by Gasteiger charge is -2.30. The number of aliphatic carboxylic acids is 1. The minimum Gasteiger partial charge on any atom is -0.490 e. The second kappa shape index (κ2) is 8.77. The molecule has 1 aliphatic rings. The third kappa shape index (κ3) is 5.13. The normalized spacial score (nSPS) is 18.6. The summed E-state index contributed by atoms with van der Waals surface area (Å²) in [4.78, 5) is 13.4. The Morgan fingerprint density at radius 1 is 1.26 bits per heavy atom. The molecule has 0 spiro atoms. The van der Waals surface area contributed by atoms with E-state index in [0.29, 0.717) is 19.8 Å². The fourth-order valence-electron chi connectivity index (χ4n) is 3.00. The summed E-state index contributed by atoms with van der Waals surface area (Å²) in [7, 11) is 0. The number of carbonyl (C=O) groups is 1. The Morgan fingerprint density at radius 2 is 2.00 bits per heavy atom. The SMILES string of the molecule is CCOc1ccc(CCN2CCCC(C(=O)O)C2)cc1OCC. The van der Waals surface area contributed by atoms with Crippen molar-refractivity contribution in [2.45, 2.75) is 33.1 Å². The quantitative estimate of drug-likeness (QED) is 0.798. The first kappa shape index (κ1) is 17.6. The van der Waals surface area contributed by atoms with Crippen LogP contribution in [0.15, 0.2) is 18.2 Å². The number of hydrogen-bond acceptors (Lipinski definition) is 4. The lowest BCUT2D eigenvalue weighted by molar-refractivity contribution is -0.143. The van der Waals surface area contributed by atoms with E-state index in [1.165, 1.54) is 5.56 Å². The van der Waals surface area contributed by atoms with Gasteiger partial charge in [-0.05, 0) is 57.4 Å². The van der Waals surface area contributed by atoms with E-state index in [9.17, 15) is 4.79 Å². The highest BCUT2D eigenvalue weighted by Crippen LogP contribution is 2.29. The Kier molecular flexibility index (Phi) is 6.71. The summed E-state index contributed by atoms with van der Waals surface area (Å²) in [6.45, 7) is 7.66. The molecule has 2 rings (SSSR count). The summed E-state index contributed by atoms with van der Waals surface area (Å²) in [6.07, 6.45) is 2.65. The van der Waals surface area contributed by atoms with E-state index >= 15 is 0 Å². The van der Waals surface area contributed by atoms with E-state index in [4.69, 9.17) is 14.6 Å². The van der Waals surface area contributed by atoms with Crippen LogP contribution in [0.3, 0.4) is 0 Å². The van der Waals surface area contributed by atoms with E-state index in [2.05, 4.69) is 11.0 Å². The maximum Gasteiger partial charge on any atom is 0.307 e. The zero-order valence-corrected chi connectivity index (χ0v) is 14.1. The third-order valence-electron chi connectivity index (χ3n) is 4.18. The van der Waals surface area contributed by atoms with E-state index in [0.717, 1.165) is 43.9 Å².